The molecule has 41 heavy (non-hydrogen) atoms. The van der Waals surface area contributed by atoms with E-state index in [9.17, 15) is 4.79 Å². The van der Waals surface area contributed by atoms with Crippen molar-refractivity contribution < 1.29 is 0 Å². The summed E-state index contributed by atoms with van der Waals surface area (Å²) in [4.78, 5) is 23.7. The number of anilines is 3. The Labute approximate surface area is 242 Å². The molecule has 0 radical (unpaired) electrons. The molecule has 0 bridgehead atoms. The molecular formula is C33H29ClN6O. The third-order valence-electron chi connectivity index (χ3n) is 7.88. The number of nitrogens with zero attached hydrogens (tertiary/aromatic N) is 3. The highest BCUT2D eigenvalue weighted by Gasteiger charge is 2.25. The van der Waals surface area contributed by atoms with Crippen LogP contribution in [0.25, 0.3) is 27.7 Å². The van der Waals surface area contributed by atoms with Crippen LogP contribution in [-0.2, 0) is 6.42 Å². The van der Waals surface area contributed by atoms with Crippen LogP contribution >= 0.6 is 11.6 Å². The highest BCUT2D eigenvalue weighted by atomic mass is 35.5. The van der Waals surface area contributed by atoms with Crippen LogP contribution in [0, 0.1) is 0 Å². The quantitative estimate of drug-likeness (QED) is 0.229. The van der Waals surface area contributed by atoms with E-state index in [2.05, 4.69) is 51.3 Å². The van der Waals surface area contributed by atoms with E-state index in [1.807, 2.05) is 53.1 Å². The molecule has 1 unspecified atom stereocenters. The number of benzene rings is 3. The summed E-state index contributed by atoms with van der Waals surface area (Å²) in [5.74, 6) is 0.439. The zero-order valence-electron chi connectivity index (χ0n) is 22.4. The molecule has 7 rings (SSSR count). The van der Waals surface area contributed by atoms with Gasteiger partial charge >= 0.3 is 0 Å². The van der Waals surface area contributed by atoms with Gasteiger partial charge in [-0.3, -0.25) is 9.36 Å². The van der Waals surface area contributed by atoms with Crippen molar-refractivity contribution in [3.8, 4) is 11.1 Å². The Kier molecular flexibility index (Phi) is 6.74. The molecular weight excluding hydrogens is 532 g/mol. The largest absolute Gasteiger partial charge is 0.383 e. The summed E-state index contributed by atoms with van der Waals surface area (Å²) in [6.45, 7) is 2.51. The third-order valence-corrected chi connectivity index (χ3v) is 8.21. The number of pyridine rings is 1. The van der Waals surface area contributed by atoms with Crippen molar-refractivity contribution in [3.63, 3.8) is 0 Å². The molecule has 204 valence electrons. The number of para-hydroxylation sites is 1. The minimum Gasteiger partial charge on any atom is -0.383 e. The van der Waals surface area contributed by atoms with Gasteiger partial charge in [-0.25, -0.2) is 4.98 Å². The smallest absolute Gasteiger partial charge is 0.260 e. The fraction of sp³-hybridized carbons (Fsp3) is 0.182. The van der Waals surface area contributed by atoms with Crippen LogP contribution in [0.3, 0.4) is 0 Å². The van der Waals surface area contributed by atoms with E-state index in [0.717, 1.165) is 36.3 Å². The fourth-order valence-corrected chi connectivity index (χ4v) is 6.02. The van der Waals surface area contributed by atoms with Crippen LogP contribution in [0.2, 0.25) is 5.02 Å². The van der Waals surface area contributed by atoms with Gasteiger partial charge in [0.1, 0.15) is 5.65 Å². The van der Waals surface area contributed by atoms with Gasteiger partial charge < -0.3 is 16.0 Å². The first-order valence-corrected chi connectivity index (χ1v) is 14.3. The number of fused-ring (bicyclic) bond motifs is 2. The van der Waals surface area contributed by atoms with Crippen molar-refractivity contribution in [1.29, 1.82) is 0 Å². The summed E-state index contributed by atoms with van der Waals surface area (Å²) in [6.07, 6.45) is 5.75. The van der Waals surface area contributed by atoms with Crippen LogP contribution in [0.15, 0.2) is 95.9 Å². The average molecular weight is 561 g/mol. The molecule has 2 aromatic heterocycles. The van der Waals surface area contributed by atoms with Gasteiger partial charge in [0, 0.05) is 52.2 Å². The Morgan fingerprint density at radius 2 is 1.80 bits per heavy atom. The first-order chi connectivity index (χ1) is 20.1. The zero-order chi connectivity index (χ0) is 27.8. The second-order valence-electron chi connectivity index (χ2n) is 10.5. The summed E-state index contributed by atoms with van der Waals surface area (Å²) in [5, 5.41) is 11.5. The van der Waals surface area contributed by atoms with E-state index in [1.165, 1.54) is 16.7 Å². The van der Waals surface area contributed by atoms with E-state index in [1.54, 1.807) is 12.3 Å². The molecule has 0 fully saturated rings. The number of hydrogen-bond acceptors (Lipinski definition) is 6. The van der Waals surface area contributed by atoms with Gasteiger partial charge in [0.25, 0.3) is 5.56 Å². The molecule has 0 aliphatic carbocycles. The maximum absolute atomic E-state index is 14.2. The molecule has 8 heteroatoms. The molecule has 3 aromatic carbocycles. The summed E-state index contributed by atoms with van der Waals surface area (Å²) in [5.41, 5.74) is 7.44. The van der Waals surface area contributed by atoms with Crippen molar-refractivity contribution in [1.82, 2.24) is 19.9 Å². The number of rotatable bonds is 5. The summed E-state index contributed by atoms with van der Waals surface area (Å²) in [7, 11) is 0. The lowest BCUT2D eigenvalue weighted by molar-refractivity contribution is 0.508. The number of halogens is 1. The van der Waals surface area contributed by atoms with Crippen molar-refractivity contribution in [3.05, 3.63) is 118 Å². The lowest BCUT2D eigenvalue weighted by atomic mass is 9.98. The first kappa shape index (κ1) is 25.5. The minimum absolute atomic E-state index is 0.124. The van der Waals surface area contributed by atoms with E-state index < -0.39 is 0 Å². The van der Waals surface area contributed by atoms with E-state index in [0.29, 0.717) is 40.7 Å². The van der Waals surface area contributed by atoms with Crippen LogP contribution in [0.5, 0.6) is 0 Å². The van der Waals surface area contributed by atoms with E-state index in [4.69, 9.17) is 16.6 Å². The Morgan fingerprint density at radius 3 is 2.63 bits per heavy atom. The van der Waals surface area contributed by atoms with Crippen molar-refractivity contribution >= 4 is 45.5 Å². The van der Waals surface area contributed by atoms with Crippen LogP contribution in [-0.4, -0.2) is 34.2 Å². The fourth-order valence-electron chi connectivity index (χ4n) is 5.78. The number of hydrogen-bond donors (Lipinski definition) is 3. The highest BCUT2D eigenvalue weighted by molar-refractivity contribution is 6.33. The Hall–Kier alpha value is -4.46. The van der Waals surface area contributed by atoms with Gasteiger partial charge in [0.05, 0.1) is 6.04 Å². The second-order valence-corrected chi connectivity index (χ2v) is 10.9. The maximum Gasteiger partial charge on any atom is 0.260 e. The second kappa shape index (κ2) is 10.8. The molecule has 2 aliphatic rings. The molecule has 0 amide bonds. The molecule has 7 nitrogen and oxygen atoms in total. The molecule has 2 aliphatic heterocycles. The lowest BCUT2D eigenvalue weighted by Crippen LogP contribution is -2.34. The Morgan fingerprint density at radius 1 is 0.976 bits per heavy atom. The SMILES string of the molecule is O=c1c(-c2ccccc2Cl)cc2cnc(Nc3ccc(C4=CCNCC4)cc3)nc2n1C1CNc2ccccc2C1. The number of aromatic nitrogens is 3. The van der Waals surface area contributed by atoms with Gasteiger partial charge in [-0.2, -0.15) is 4.98 Å². The normalized spacial score (nSPS) is 16.5. The third kappa shape index (κ3) is 4.99. The van der Waals surface area contributed by atoms with Crippen molar-refractivity contribution in [2.45, 2.75) is 18.9 Å². The topological polar surface area (TPSA) is 83.9 Å². The van der Waals surface area contributed by atoms with Crippen molar-refractivity contribution in [2.75, 3.05) is 30.3 Å². The highest BCUT2D eigenvalue weighted by Crippen LogP contribution is 2.32. The first-order valence-electron chi connectivity index (χ1n) is 13.9. The molecule has 0 spiro atoms. The predicted octanol–water partition coefficient (Wildman–Crippen LogP) is 6.44. The molecule has 1 atom stereocenters. The standard InChI is InChI=1S/C33H29ClN6O/c34-29-7-3-2-6-27(29)28-18-24-19-37-33(38-25-11-9-21(10-12-25)22-13-15-35-16-14-22)39-31(24)40(32(28)41)26-17-23-5-1-4-8-30(23)36-20-26/h1-13,18-19,26,35-36H,14-17,20H2,(H,37,38,39). The Balaban J connectivity index is 1.30. The summed E-state index contributed by atoms with van der Waals surface area (Å²) < 4.78 is 1.82. The van der Waals surface area contributed by atoms with E-state index in [-0.39, 0.29) is 11.6 Å². The van der Waals surface area contributed by atoms with Gasteiger partial charge in [0.2, 0.25) is 5.95 Å². The van der Waals surface area contributed by atoms with Crippen molar-refractivity contribution in [2.24, 2.45) is 0 Å². The minimum atomic E-state index is -0.136. The molecule has 0 saturated heterocycles. The van der Waals surface area contributed by atoms with Crippen LogP contribution < -0.4 is 21.5 Å². The van der Waals surface area contributed by atoms with E-state index >= 15 is 0 Å². The lowest BCUT2D eigenvalue weighted by Gasteiger charge is -2.29. The average Bonchev–Trinajstić information content (AvgIpc) is 3.02. The van der Waals surface area contributed by atoms with Gasteiger partial charge in [-0.1, -0.05) is 66.2 Å². The Bertz CT molecular complexity index is 1850. The monoisotopic (exact) mass is 560 g/mol. The predicted molar refractivity (Wildman–Crippen MR) is 167 cm³/mol. The van der Waals surface area contributed by atoms with Crippen LogP contribution in [0.1, 0.15) is 23.6 Å². The van der Waals surface area contributed by atoms with Gasteiger partial charge in [0.15, 0.2) is 0 Å². The maximum atomic E-state index is 14.2. The molecule has 5 aromatic rings. The summed E-state index contributed by atoms with van der Waals surface area (Å²) >= 11 is 6.55. The molecule has 3 N–H and O–H groups in total. The van der Waals surface area contributed by atoms with Crippen LogP contribution in [0.4, 0.5) is 17.3 Å². The number of nitrogens with one attached hydrogen (secondary N) is 3. The van der Waals surface area contributed by atoms with Gasteiger partial charge in [-0.15, -0.1) is 0 Å². The molecule has 0 saturated carbocycles. The van der Waals surface area contributed by atoms with Gasteiger partial charge in [-0.05, 0) is 66.4 Å². The summed E-state index contributed by atoms with van der Waals surface area (Å²) in [6, 6.07) is 25.7. The molecule has 4 heterocycles. The zero-order valence-corrected chi connectivity index (χ0v) is 23.2.